The summed E-state index contributed by atoms with van der Waals surface area (Å²) in [4.78, 5) is 13.7. The predicted octanol–water partition coefficient (Wildman–Crippen LogP) is -0.0659. The number of nitrogens with two attached hydrogens (primary N) is 1. The molecule has 2 atom stereocenters. The normalized spacial score (nSPS) is 25.8. The third-order valence-corrected chi connectivity index (χ3v) is 2.75. The second kappa shape index (κ2) is 5.32. The Bertz CT molecular complexity index is 196. The van der Waals surface area contributed by atoms with E-state index in [0.717, 1.165) is 25.9 Å². The molecule has 1 aliphatic rings. The van der Waals surface area contributed by atoms with Crippen molar-refractivity contribution >= 4 is 5.91 Å². The zero-order valence-electron chi connectivity index (χ0n) is 9.12. The Morgan fingerprint density at radius 2 is 2.43 bits per heavy atom. The van der Waals surface area contributed by atoms with Gasteiger partial charge in [-0.3, -0.25) is 4.79 Å². The molecule has 1 rings (SSSR count). The number of hydrogen-bond acceptors (Lipinski definition) is 3. The summed E-state index contributed by atoms with van der Waals surface area (Å²) in [5.41, 5.74) is 5.64. The Balaban J connectivity index is 2.32. The summed E-state index contributed by atoms with van der Waals surface area (Å²) in [6, 6.07) is -0.0546. The smallest absolute Gasteiger partial charge is 0.237 e. The van der Waals surface area contributed by atoms with Crippen LogP contribution in [0.4, 0.5) is 0 Å². The number of hydrogen-bond donors (Lipinski definition) is 2. The quantitative estimate of drug-likeness (QED) is 0.669. The molecular formula is C10H21N3O. The van der Waals surface area contributed by atoms with E-state index in [1.165, 1.54) is 0 Å². The lowest BCUT2D eigenvalue weighted by Gasteiger charge is -2.30. The Labute approximate surface area is 85.8 Å². The molecule has 4 heteroatoms. The van der Waals surface area contributed by atoms with Crippen LogP contribution >= 0.6 is 0 Å². The van der Waals surface area contributed by atoms with E-state index in [0.29, 0.717) is 12.5 Å². The standard InChI is InChI=1S/C10H21N3O/c1-3-9(11)10(14)12-8-5-4-6-13(2)7-8/h8-9H,3-7,11H2,1-2H3,(H,12,14)/t8?,9-/m0/s1. The van der Waals surface area contributed by atoms with Gasteiger partial charge in [-0.25, -0.2) is 0 Å². The monoisotopic (exact) mass is 199 g/mol. The van der Waals surface area contributed by atoms with Crippen molar-refractivity contribution in [3.05, 3.63) is 0 Å². The highest BCUT2D eigenvalue weighted by molar-refractivity contribution is 5.81. The minimum absolute atomic E-state index is 0.00667. The summed E-state index contributed by atoms with van der Waals surface area (Å²) in [7, 11) is 2.08. The van der Waals surface area contributed by atoms with E-state index in [-0.39, 0.29) is 11.9 Å². The number of carbonyl (C=O) groups excluding carboxylic acids is 1. The highest BCUT2D eigenvalue weighted by Crippen LogP contribution is 2.07. The van der Waals surface area contributed by atoms with Gasteiger partial charge in [-0.15, -0.1) is 0 Å². The molecule has 4 nitrogen and oxygen atoms in total. The Kier molecular flexibility index (Phi) is 4.35. The van der Waals surface area contributed by atoms with E-state index in [9.17, 15) is 4.79 Å². The molecule has 0 aromatic heterocycles. The average Bonchev–Trinajstić information content (AvgIpc) is 2.16. The molecule has 0 saturated carbocycles. The molecule has 14 heavy (non-hydrogen) atoms. The zero-order valence-corrected chi connectivity index (χ0v) is 9.12. The molecule has 1 heterocycles. The minimum Gasteiger partial charge on any atom is -0.351 e. The summed E-state index contributed by atoms with van der Waals surface area (Å²) in [5.74, 6) is -0.00667. The third-order valence-electron chi connectivity index (χ3n) is 2.75. The summed E-state index contributed by atoms with van der Waals surface area (Å²) in [5, 5.41) is 2.99. The molecule has 0 aromatic rings. The number of nitrogens with zero attached hydrogens (tertiary/aromatic N) is 1. The number of carbonyl (C=O) groups is 1. The van der Waals surface area contributed by atoms with Crippen LogP contribution in [0.5, 0.6) is 0 Å². The van der Waals surface area contributed by atoms with Gasteiger partial charge in [0.2, 0.25) is 5.91 Å². The van der Waals surface area contributed by atoms with Crippen molar-refractivity contribution < 1.29 is 4.79 Å². The fourth-order valence-electron chi connectivity index (χ4n) is 1.78. The molecule has 1 saturated heterocycles. The lowest BCUT2D eigenvalue weighted by atomic mass is 10.1. The Morgan fingerprint density at radius 1 is 1.71 bits per heavy atom. The maximum absolute atomic E-state index is 11.5. The number of rotatable bonds is 3. The first-order valence-electron chi connectivity index (χ1n) is 5.38. The van der Waals surface area contributed by atoms with Gasteiger partial charge in [0.15, 0.2) is 0 Å². The van der Waals surface area contributed by atoms with Crippen molar-refractivity contribution in [1.29, 1.82) is 0 Å². The minimum atomic E-state index is -0.345. The van der Waals surface area contributed by atoms with E-state index in [1.807, 2.05) is 6.92 Å². The van der Waals surface area contributed by atoms with Gasteiger partial charge in [-0.05, 0) is 32.9 Å². The maximum Gasteiger partial charge on any atom is 0.237 e. The molecule has 1 amide bonds. The van der Waals surface area contributed by atoms with Gasteiger partial charge in [-0.1, -0.05) is 6.92 Å². The van der Waals surface area contributed by atoms with Gasteiger partial charge < -0.3 is 16.0 Å². The van der Waals surface area contributed by atoms with Crippen LogP contribution in [0.3, 0.4) is 0 Å². The number of nitrogens with one attached hydrogen (secondary N) is 1. The van der Waals surface area contributed by atoms with E-state index < -0.39 is 0 Å². The topological polar surface area (TPSA) is 58.4 Å². The molecule has 1 aliphatic heterocycles. The van der Waals surface area contributed by atoms with Crippen LogP contribution in [0.15, 0.2) is 0 Å². The number of piperidine rings is 1. The number of likely N-dealkylation sites (tertiary alicyclic amines) is 1. The first kappa shape index (κ1) is 11.5. The van der Waals surface area contributed by atoms with Gasteiger partial charge >= 0.3 is 0 Å². The van der Waals surface area contributed by atoms with Crippen molar-refractivity contribution in [2.24, 2.45) is 5.73 Å². The van der Waals surface area contributed by atoms with E-state index in [4.69, 9.17) is 5.73 Å². The molecule has 0 spiro atoms. The molecule has 82 valence electrons. The highest BCUT2D eigenvalue weighted by atomic mass is 16.2. The predicted molar refractivity (Wildman–Crippen MR) is 56.9 cm³/mol. The Hall–Kier alpha value is -0.610. The van der Waals surface area contributed by atoms with Crippen LogP contribution in [-0.4, -0.2) is 43.0 Å². The van der Waals surface area contributed by atoms with E-state index in [1.54, 1.807) is 0 Å². The molecule has 1 unspecified atom stereocenters. The van der Waals surface area contributed by atoms with Crippen LogP contribution in [0.1, 0.15) is 26.2 Å². The first-order valence-corrected chi connectivity index (χ1v) is 5.38. The summed E-state index contributed by atoms with van der Waals surface area (Å²) < 4.78 is 0. The molecule has 0 aromatic carbocycles. The number of likely N-dealkylation sites (N-methyl/N-ethyl adjacent to an activating group) is 1. The van der Waals surface area contributed by atoms with Crippen molar-refractivity contribution in [1.82, 2.24) is 10.2 Å². The van der Waals surface area contributed by atoms with Crippen LogP contribution in [-0.2, 0) is 4.79 Å². The van der Waals surface area contributed by atoms with Crippen molar-refractivity contribution in [3.63, 3.8) is 0 Å². The summed E-state index contributed by atoms with van der Waals surface area (Å²) in [6.07, 6.45) is 2.93. The molecular weight excluding hydrogens is 178 g/mol. The molecule has 1 fully saturated rings. The van der Waals surface area contributed by atoms with Crippen molar-refractivity contribution in [2.45, 2.75) is 38.3 Å². The maximum atomic E-state index is 11.5. The van der Waals surface area contributed by atoms with Crippen molar-refractivity contribution in [3.8, 4) is 0 Å². The van der Waals surface area contributed by atoms with Crippen LogP contribution in [0, 0.1) is 0 Å². The number of amides is 1. The average molecular weight is 199 g/mol. The highest BCUT2D eigenvalue weighted by Gasteiger charge is 2.20. The molecule has 3 N–H and O–H groups in total. The second-order valence-corrected chi connectivity index (χ2v) is 4.12. The first-order chi connectivity index (χ1) is 6.63. The SMILES string of the molecule is CC[C@H](N)C(=O)NC1CCCN(C)C1. The Morgan fingerprint density at radius 3 is 3.00 bits per heavy atom. The zero-order chi connectivity index (χ0) is 10.6. The van der Waals surface area contributed by atoms with Gasteiger partial charge in [-0.2, -0.15) is 0 Å². The van der Waals surface area contributed by atoms with Gasteiger partial charge in [0.1, 0.15) is 0 Å². The van der Waals surface area contributed by atoms with Crippen LogP contribution in [0.2, 0.25) is 0 Å². The van der Waals surface area contributed by atoms with Gasteiger partial charge in [0.05, 0.1) is 6.04 Å². The van der Waals surface area contributed by atoms with Gasteiger partial charge in [0.25, 0.3) is 0 Å². The molecule has 0 bridgehead atoms. The van der Waals surface area contributed by atoms with Crippen LogP contribution in [0.25, 0.3) is 0 Å². The third kappa shape index (κ3) is 3.27. The lowest BCUT2D eigenvalue weighted by molar-refractivity contribution is -0.123. The fraction of sp³-hybridized carbons (Fsp3) is 0.900. The molecule has 0 aliphatic carbocycles. The molecule has 0 radical (unpaired) electrons. The van der Waals surface area contributed by atoms with Crippen molar-refractivity contribution in [2.75, 3.05) is 20.1 Å². The summed E-state index contributed by atoms with van der Waals surface area (Å²) >= 11 is 0. The second-order valence-electron chi connectivity index (χ2n) is 4.12. The summed E-state index contributed by atoms with van der Waals surface area (Å²) in [6.45, 7) is 4.01. The van der Waals surface area contributed by atoms with E-state index in [2.05, 4.69) is 17.3 Å². The van der Waals surface area contributed by atoms with Gasteiger partial charge in [0, 0.05) is 12.6 Å². The fourth-order valence-corrected chi connectivity index (χ4v) is 1.78. The lowest BCUT2D eigenvalue weighted by Crippen LogP contribution is -2.50. The largest absolute Gasteiger partial charge is 0.351 e. The van der Waals surface area contributed by atoms with E-state index >= 15 is 0 Å². The van der Waals surface area contributed by atoms with Crippen LogP contribution < -0.4 is 11.1 Å².